The number of amides is 1. The number of nitrogens with one attached hydrogen (secondary N) is 1. The largest absolute Gasteiger partial charge is 0.451 e. The molecule has 2 aromatic rings. The van der Waals surface area contributed by atoms with Crippen molar-refractivity contribution in [3.05, 3.63) is 106 Å². The van der Waals surface area contributed by atoms with Crippen LogP contribution in [0.2, 0.25) is 10.0 Å². The molecule has 3 heterocycles. The molecule has 0 saturated heterocycles. The molecule has 1 amide bonds. The highest BCUT2D eigenvalue weighted by Crippen LogP contribution is 2.33. The van der Waals surface area contributed by atoms with Crippen LogP contribution in [0.3, 0.4) is 0 Å². The van der Waals surface area contributed by atoms with E-state index in [9.17, 15) is 4.79 Å². The molecule has 0 aromatic carbocycles. The van der Waals surface area contributed by atoms with Gasteiger partial charge in [0.25, 0.3) is 5.91 Å². The predicted molar refractivity (Wildman–Crippen MR) is 157 cm³/mol. The molecule has 1 aliphatic heterocycles. The lowest BCUT2D eigenvalue weighted by molar-refractivity contribution is 0.0957. The molecule has 2 aliphatic rings. The highest BCUT2D eigenvalue weighted by atomic mass is 35.5. The maximum atomic E-state index is 12.8. The van der Waals surface area contributed by atoms with Gasteiger partial charge in [-0.05, 0) is 49.5 Å². The fraction of sp³-hybridized carbons (Fsp3) is 0.333. The van der Waals surface area contributed by atoms with E-state index in [1.807, 2.05) is 24.4 Å². The number of aliphatic imine (C=N–C) groups is 1. The molecule has 7 nitrogen and oxygen atoms in total. The molecule has 1 atom stereocenters. The van der Waals surface area contributed by atoms with Gasteiger partial charge in [0.1, 0.15) is 0 Å². The Morgan fingerprint density at radius 1 is 1.31 bits per heavy atom. The zero-order valence-corrected chi connectivity index (χ0v) is 23.6. The van der Waals surface area contributed by atoms with Gasteiger partial charge in [-0.1, -0.05) is 59.6 Å². The molecule has 0 radical (unpaired) electrons. The molecule has 1 N–H and O–H groups in total. The molecule has 0 spiro atoms. The van der Waals surface area contributed by atoms with E-state index in [-0.39, 0.29) is 27.6 Å². The number of halogens is 2. The predicted octanol–water partition coefficient (Wildman–Crippen LogP) is 6.28. The van der Waals surface area contributed by atoms with E-state index in [0.29, 0.717) is 13.1 Å². The number of ether oxygens (including phenoxy) is 1. The summed E-state index contributed by atoms with van der Waals surface area (Å²) < 4.78 is 5.62. The molecule has 0 fully saturated rings. The van der Waals surface area contributed by atoms with E-state index in [1.165, 1.54) is 18.0 Å². The Morgan fingerprint density at radius 2 is 2.13 bits per heavy atom. The Kier molecular flexibility index (Phi) is 10.5. The van der Waals surface area contributed by atoms with E-state index in [1.54, 1.807) is 12.3 Å². The van der Waals surface area contributed by atoms with Crippen LogP contribution in [0.4, 0.5) is 0 Å². The summed E-state index contributed by atoms with van der Waals surface area (Å²) >= 11 is 12.3. The number of hydrogen-bond donors (Lipinski definition) is 1. The van der Waals surface area contributed by atoms with Crippen molar-refractivity contribution in [1.29, 1.82) is 0 Å². The van der Waals surface area contributed by atoms with E-state index in [0.717, 1.165) is 61.5 Å². The first-order chi connectivity index (χ1) is 19.0. The van der Waals surface area contributed by atoms with Gasteiger partial charge < -0.3 is 10.1 Å². The molecule has 39 heavy (non-hydrogen) atoms. The Bertz CT molecular complexity index is 1300. The summed E-state index contributed by atoms with van der Waals surface area (Å²) in [5.74, 6) is 0.395. The Morgan fingerprint density at radius 3 is 2.87 bits per heavy atom. The van der Waals surface area contributed by atoms with Crippen molar-refractivity contribution in [2.45, 2.75) is 38.6 Å². The summed E-state index contributed by atoms with van der Waals surface area (Å²) in [6.45, 7) is 8.40. The summed E-state index contributed by atoms with van der Waals surface area (Å²) in [4.78, 5) is 28.4. The van der Waals surface area contributed by atoms with Crippen LogP contribution < -0.4 is 5.32 Å². The number of nitrogens with zero attached hydrogens (tertiary/aromatic N) is 4. The first-order valence-corrected chi connectivity index (χ1v) is 13.8. The van der Waals surface area contributed by atoms with Gasteiger partial charge in [0.2, 0.25) is 0 Å². The second-order valence-corrected chi connectivity index (χ2v) is 10.3. The molecular formula is C30H33Cl2N5O2. The van der Waals surface area contributed by atoms with Gasteiger partial charge in [-0.3, -0.25) is 24.7 Å². The molecule has 204 valence electrons. The normalized spacial score (nSPS) is 17.3. The third-order valence-corrected chi connectivity index (χ3v) is 7.22. The first-order valence-electron chi connectivity index (χ1n) is 13.0. The third-order valence-electron chi connectivity index (χ3n) is 6.64. The van der Waals surface area contributed by atoms with Gasteiger partial charge >= 0.3 is 0 Å². The maximum absolute atomic E-state index is 12.8. The lowest BCUT2D eigenvalue weighted by Crippen LogP contribution is -2.35. The Labute approximate surface area is 240 Å². The van der Waals surface area contributed by atoms with E-state index < -0.39 is 0 Å². The summed E-state index contributed by atoms with van der Waals surface area (Å²) in [5.41, 5.74) is 4.74. The quantitative estimate of drug-likeness (QED) is 0.324. The molecular weight excluding hydrogens is 533 g/mol. The van der Waals surface area contributed by atoms with Gasteiger partial charge in [-0.2, -0.15) is 0 Å². The number of carbonyl (C=O) groups is 1. The average Bonchev–Trinajstić information content (AvgIpc) is 2.94. The fourth-order valence-corrected chi connectivity index (χ4v) is 5.45. The van der Waals surface area contributed by atoms with E-state index >= 15 is 0 Å². The number of rotatable bonds is 11. The van der Waals surface area contributed by atoms with Crippen LogP contribution >= 0.6 is 23.2 Å². The van der Waals surface area contributed by atoms with Gasteiger partial charge in [-0.25, -0.2) is 0 Å². The van der Waals surface area contributed by atoms with Crippen LogP contribution in [0, 0.1) is 0 Å². The molecule has 9 heteroatoms. The van der Waals surface area contributed by atoms with Crippen LogP contribution in [-0.4, -0.2) is 52.9 Å². The van der Waals surface area contributed by atoms with Crippen molar-refractivity contribution in [2.75, 3.05) is 26.2 Å². The number of aryl methyl sites for hydroxylation is 1. The van der Waals surface area contributed by atoms with Gasteiger partial charge in [-0.15, -0.1) is 0 Å². The van der Waals surface area contributed by atoms with Crippen LogP contribution in [0.25, 0.3) is 0 Å². The van der Waals surface area contributed by atoms with Crippen molar-refractivity contribution in [1.82, 2.24) is 20.2 Å². The lowest BCUT2D eigenvalue weighted by atomic mass is 9.90. The minimum Gasteiger partial charge on any atom is -0.451 e. The summed E-state index contributed by atoms with van der Waals surface area (Å²) in [6.07, 6.45) is 17.9. The lowest BCUT2D eigenvalue weighted by Gasteiger charge is -2.35. The van der Waals surface area contributed by atoms with Gasteiger partial charge in [0, 0.05) is 44.6 Å². The zero-order chi connectivity index (χ0) is 27.6. The average molecular weight is 567 g/mol. The number of aromatic nitrogens is 2. The number of carbonyl (C=O) groups excluding carboxylic acids is 1. The Balaban J connectivity index is 1.49. The minimum atomic E-state index is -0.359. The number of hydrogen-bond acceptors (Lipinski definition) is 6. The number of fused-ring (bicyclic) bond motifs is 1. The SMILES string of the molecule is C=C/C=C(\C=C(/C)CN(CCC1=NCC=CO1)C1CCCc2cccnc21)CNC(=O)c1c(Cl)cncc1Cl. The van der Waals surface area contributed by atoms with Crippen molar-refractivity contribution < 1.29 is 9.53 Å². The maximum Gasteiger partial charge on any atom is 0.254 e. The van der Waals surface area contributed by atoms with Gasteiger partial charge in [0.15, 0.2) is 5.90 Å². The molecule has 0 saturated carbocycles. The molecule has 1 aliphatic carbocycles. The summed E-state index contributed by atoms with van der Waals surface area (Å²) in [5, 5.41) is 3.33. The summed E-state index contributed by atoms with van der Waals surface area (Å²) in [7, 11) is 0. The van der Waals surface area contributed by atoms with Crippen molar-refractivity contribution in [3.8, 4) is 0 Å². The van der Waals surface area contributed by atoms with E-state index in [2.05, 4.69) is 45.8 Å². The van der Waals surface area contributed by atoms with Gasteiger partial charge in [0.05, 0.1) is 40.2 Å². The standard InChI is InChI=1S/C30H33Cl2N5O2/c1-3-7-22(17-36-30(38)28-24(31)18-33-19-25(28)32)16-21(2)20-37(14-11-27-34-13-6-15-39-27)26-10-4-8-23-9-5-12-35-29(23)26/h3,5-7,9,12,15-16,18-19,26H,1,4,8,10-11,13-14,17,20H2,2H3,(H,36,38)/b21-16+,22-7+. The van der Waals surface area contributed by atoms with Crippen molar-refractivity contribution in [3.63, 3.8) is 0 Å². The van der Waals surface area contributed by atoms with Crippen molar-refractivity contribution >= 4 is 35.0 Å². The van der Waals surface area contributed by atoms with Crippen LogP contribution in [0.5, 0.6) is 0 Å². The molecule has 0 bridgehead atoms. The minimum absolute atomic E-state index is 0.208. The number of allylic oxidation sites excluding steroid dienone is 2. The zero-order valence-electron chi connectivity index (χ0n) is 22.1. The van der Waals surface area contributed by atoms with Crippen LogP contribution in [0.1, 0.15) is 53.8 Å². The van der Waals surface area contributed by atoms with Crippen LogP contribution in [0.15, 0.2) is 84.0 Å². The second-order valence-electron chi connectivity index (χ2n) is 9.53. The highest BCUT2D eigenvalue weighted by Gasteiger charge is 2.27. The summed E-state index contributed by atoms with van der Waals surface area (Å²) in [6, 6.07) is 4.41. The van der Waals surface area contributed by atoms with Crippen LogP contribution in [-0.2, 0) is 11.2 Å². The monoisotopic (exact) mass is 565 g/mol. The number of pyridine rings is 2. The van der Waals surface area contributed by atoms with E-state index in [4.69, 9.17) is 32.9 Å². The molecule has 4 rings (SSSR count). The fourth-order valence-electron chi connectivity index (χ4n) is 4.92. The highest BCUT2D eigenvalue weighted by molar-refractivity contribution is 6.39. The molecule has 1 unspecified atom stereocenters. The smallest absolute Gasteiger partial charge is 0.254 e. The topological polar surface area (TPSA) is 79.7 Å². The first kappa shape index (κ1) is 28.7. The third kappa shape index (κ3) is 7.88. The molecule has 2 aromatic heterocycles. The Hall–Kier alpha value is -3.26. The van der Waals surface area contributed by atoms with Crippen molar-refractivity contribution in [2.24, 2.45) is 4.99 Å². The second kappa shape index (κ2) is 14.2.